The number of primary sulfonamides is 1. The van der Waals surface area contributed by atoms with Crippen LogP contribution in [0.1, 0.15) is 37.6 Å². The lowest BCUT2D eigenvalue weighted by Gasteiger charge is -2.17. The molecule has 3 N–H and O–H groups in total. The molecule has 0 aliphatic carbocycles. The molecule has 1 amide bonds. The van der Waals surface area contributed by atoms with Crippen molar-refractivity contribution in [3.8, 4) is 0 Å². The molecule has 8 heteroatoms. The van der Waals surface area contributed by atoms with Crippen LogP contribution in [0.15, 0.2) is 17.0 Å². The first-order chi connectivity index (χ1) is 9.52. The van der Waals surface area contributed by atoms with Crippen LogP contribution >= 0.6 is 23.2 Å². The molecule has 1 rings (SSSR count). The third-order valence-corrected chi connectivity index (χ3v) is 4.43. The van der Waals surface area contributed by atoms with E-state index in [1.165, 1.54) is 6.07 Å². The minimum atomic E-state index is -4.06. The minimum absolute atomic E-state index is 0.0104. The molecule has 1 aromatic rings. The van der Waals surface area contributed by atoms with Gasteiger partial charge >= 0.3 is 0 Å². The lowest BCUT2D eigenvalue weighted by Crippen LogP contribution is -2.33. The van der Waals surface area contributed by atoms with Crippen LogP contribution in [0.4, 0.5) is 0 Å². The number of carbonyl (C=O) groups excluding carboxylic acids is 1. The molecular weight excluding hydrogens is 335 g/mol. The zero-order valence-electron chi connectivity index (χ0n) is 12.0. The number of amides is 1. The highest BCUT2D eigenvalue weighted by atomic mass is 35.5. The van der Waals surface area contributed by atoms with Crippen molar-refractivity contribution in [1.29, 1.82) is 0 Å². The molecule has 5 nitrogen and oxygen atoms in total. The molecule has 0 heterocycles. The van der Waals surface area contributed by atoms with E-state index in [1.807, 2.05) is 20.8 Å². The number of halogens is 2. The molecule has 1 aromatic carbocycles. The lowest BCUT2D eigenvalue weighted by atomic mass is 10.0. The smallest absolute Gasteiger partial charge is 0.253 e. The minimum Gasteiger partial charge on any atom is -0.350 e. The van der Waals surface area contributed by atoms with Crippen molar-refractivity contribution in [2.24, 2.45) is 11.1 Å². The first-order valence-corrected chi connectivity index (χ1v) is 8.65. The fourth-order valence-corrected chi connectivity index (χ4v) is 3.46. The second-order valence-electron chi connectivity index (χ2n) is 5.31. The number of hydrogen-bond acceptors (Lipinski definition) is 3. The Bertz CT molecular complexity index is 645. The number of rotatable bonds is 5. The van der Waals surface area contributed by atoms with E-state index in [2.05, 4.69) is 5.32 Å². The van der Waals surface area contributed by atoms with Crippen molar-refractivity contribution in [3.05, 3.63) is 27.7 Å². The fraction of sp³-hybridized carbons (Fsp3) is 0.462. The first-order valence-electron chi connectivity index (χ1n) is 6.35. The van der Waals surface area contributed by atoms with Gasteiger partial charge in [0.2, 0.25) is 10.0 Å². The summed E-state index contributed by atoms with van der Waals surface area (Å²) >= 11 is 11.8. The quantitative estimate of drug-likeness (QED) is 0.853. The van der Waals surface area contributed by atoms with Crippen LogP contribution in [0, 0.1) is 5.92 Å². The topological polar surface area (TPSA) is 89.3 Å². The summed E-state index contributed by atoms with van der Waals surface area (Å²) in [6.07, 6.45) is 0.784. The lowest BCUT2D eigenvalue weighted by molar-refractivity contribution is 0.0936. The maximum absolute atomic E-state index is 12.2. The Morgan fingerprint density at radius 3 is 2.33 bits per heavy atom. The SMILES string of the molecule is CC(C)CC(C)NC(=O)c1cc(Cl)cc(S(N)(=O)=O)c1Cl. The maximum Gasteiger partial charge on any atom is 0.253 e. The summed E-state index contributed by atoms with van der Waals surface area (Å²) in [4.78, 5) is 11.8. The van der Waals surface area contributed by atoms with Gasteiger partial charge in [0.1, 0.15) is 4.90 Å². The molecule has 0 radical (unpaired) electrons. The van der Waals surface area contributed by atoms with Crippen LogP contribution < -0.4 is 10.5 Å². The van der Waals surface area contributed by atoms with Gasteiger partial charge in [-0.25, -0.2) is 13.6 Å². The van der Waals surface area contributed by atoms with Gasteiger partial charge in [-0.2, -0.15) is 0 Å². The average molecular weight is 353 g/mol. The average Bonchev–Trinajstić information content (AvgIpc) is 2.28. The summed E-state index contributed by atoms with van der Waals surface area (Å²) in [5, 5.41) is 7.67. The van der Waals surface area contributed by atoms with Crippen LogP contribution in [-0.4, -0.2) is 20.4 Å². The number of sulfonamides is 1. The van der Waals surface area contributed by atoms with Crippen molar-refractivity contribution in [3.63, 3.8) is 0 Å². The van der Waals surface area contributed by atoms with Gasteiger partial charge in [-0.3, -0.25) is 4.79 Å². The zero-order valence-corrected chi connectivity index (χ0v) is 14.3. The molecule has 0 saturated carbocycles. The summed E-state index contributed by atoms with van der Waals surface area (Å²) in [6.45, 7) is 5.93. The van der Waals surface area contributed by atoms with Gasteiger partial charge in [0.15, 0.2) is 0 Å². The van der Waals surface area contributed by atoms with Gasteiger partial charge in [0, 0.05) is 11.1 Å². The molecule has 0 aliphatic heterocycles. The van der Waals surface area contributed by atoms with E-state index < -0.39 is 15.9 Å². The molecule has 0 aromatic heterocycles. The highest BCUT2D eigenvalue weighted by Gasteiger charge is 2.22. The summed E-state index contributed by atoms with van der Waals surface area (Å²) in [5.41, 5.74) is -0.0104. The molecule has 0 saturated heterocycles. The molecule has 21 heavy (non-hydrogen) atoms. The van der Waals surface area contributed by atoms with Crippen molar-refractivity contribution in [2.45, 2.75) is 38.1 Å². The predicted molar refractivity (Wildman–Crippen MR) is 84.2 cm³/mol. The third-order valence-electron chi connectivity index (χ3n) is 2.76. The van der Waals surface area contributed by atoms with Gasteiger partial charge in [0.05, 0.1) is 10.6 Å². The number of nitrogens with one attached hydrogen (secondary N) is 1. The number of carbonyl (C=O) groups is 1. The van der Waals surface area contributed by atoms with Crippen molar-refractivity contribution in [1.82, 2.24) is 5.32 Å². The van der Waals surface area contributed by atoms with E-state index in [-0.39, 0.29) is 26.5 Å². The Labute approximate surface area is 134 Å². The predicted octanol–water partition coefficient (Wildman–Crippen LogP) is 2.81. The van der Waals surface area contributed by atoms with E-state index in [0.717, 1.165) is 12.5 Å². The van der Waals surface area contributed by atoms with Gasteiger partial charge < -0.3 is 5.32 Å². The summed E-state index contributed by atoms with van der Waals surface area (Å²) in [6, 6.07) is 2.36. The Balaban J connectivity index is 3.14. The second kappa shape index (κ2) is 6.96. The Hall–Kier alpha value is -0.820. The molecule has 0 spiro atoms. The largest absolute Gasteiger partial charge is 0.350 e. The molecule has 0 aliphatic rings. The standard InChI is InChI=1S/C13H18Cl2N2O3S/c1-7(2)4-8(3)17-13(18)10-5-9(14)6-11(12(10)15)21(16,19)20/h5-8H,4H2,1-3H3,(H,17,18)(H2,16,19,20). The van der Waals surface area contributed by atoms with Crippen LogP contribution in [0.3, 0.4) is 0 Å². The normalized spacial score (nSPS) is 13.3. The van der Waals surface area contributed by atoms with Gasteiger partial charge in [-0.05, 0) is 31.4 Å². The Morgan fingerprint density at radius 2 is 1.86 bits per heavy atom. The molecule has 0 fully saturated rings. The second-order valence-corrected chi connectivity index (χ2v) is 7.66. The third kappa shape index (κ3) is 5.14. The molecular formula is C13H18Cl2N2O3S. The van der Waals surface area contributed by atoms with E-state index in [9.17, 15) is 13.2 Å². The number of hydrogen-bond donors (Lipinski definition) is 2. The Morgan fingerprint density at radius 1 is 1.29 bits per heavy atom. The summed E-state index contributed by atoms with van der Waals surface area (Å²) in [5.74, 6) is -0.0735. The number of nitrogens with two attached hydrogens (primary N) is 1. The number of benzene rings is 1. The molecule has 1 unspecified atom stereocenters. The fourth-order valence-electron chi connectivity index (χ4n) is 2.00. The van der Waals surface area contributed by atoms with Crippen LogP contribution in [-0.2, 0) is 10.0 Å². The molecule has 118 valence electrons. The van der Waals surface area contributed by atoms with Crippen LogP contribution in [0.5, 0.6) is 0 Å². The van der Waals surface area contributed by atoms with E-state index in [4.69, 9.17) is 28.3 Å². The van der Waals surface area contributed by atoms with Crippen molar-refractivity contribution in [2.75, 3.05) is 0 Å². The monoisotopic (exact) mass is 352 g/mol. The maximum atomic E-state index is 12.2. The zero-order chi connectivity index (χ0) is 16.4. The van der Waals surface area contributed by atoms with E-state index >= 15 is 0 Å². The van der Waals surface area contributed by atoms with E-state index in [1.54, 1.807) is 0 Å². The molecule has 1 atom stereocenters. The first kappa shape index (κ1) is 18.2. The van der Waals surface area contributed by atoms with Crippen molar-refractivity contribution < 1.29 is 13.2 Å². The van der Waals surface area contributed by atoms with E-state index in [0.29, 0.717) is 5.92 Å². The van der Waals surface area contributed by atoms with Gasteiger partial charge in [-0.1, -0.05) is 37.0 Å². The Kier molecular flexibility index (Phi) is 6.04. The van der Waals surface area contributed by atoms with Gasteiger partial charge in [-0.15, -0.1) is 0 Å². The summed E-state index contributed by atoms with van der Waals surface area (Å²) < 4.78 is 22.9. The van der Waals surface area contributed by atoms with Crippen LogP contribution in [0.2, 0.25) is 10.0 Å². The summed E-state index contributed by atoms with van der Waals surface area (Å²) in [7, 11) is -4.06. The van der Waals surface area contributed by atoms with Gasteiger partial charge in [0.25, 0.3) is 5.91 Å². The highest BCUT2D eigenvalue weighted by Crippen LogP contribution is 2.28. The van der Waals surface area contributed by atoms with Crippen LogP contribution in [0.25, 0.3) is 0 Å². The highest BCUT2D eigenvalue weighted by molar-refractivity contribution is 7.89. The molecule has 0 bridgehead atoms. The van der Waals surface area contributed by atoms with Crippen molar-refractivity contribution >= 4 is 39.1 Å².